The van der Waals surface area contributed by atoms with Crippen LogP contribution in [0.4, 0.5) is 0 Å². The van der Waals surface area contributed by atoms with Gasteiger partial charge in [0.25, 0.3) is 0 Å². The number of rotatable bonds is 0. The van der Waals surface area contributed by atoms with Crippen molar-refractivity contribution in [1.82, 2.24) is 0 Å². The molecule has 1 saturated carbocycles. The molecule has 1 unspecified atom stereocenters. The number of hydrogen-bond donors (Lipinski definition) is 0. The van der Waals surface area contributed by atoms with Crippen molar-refractivity contribution in [3.63, 3.8) is 0 Å². The molecule has 0 aromatic rings. The summed E-state index contributed by atoms with van der Waals surface area (Å²) >= 11 is 0. The molecule has 0 spiro atoms. The SMILES string of the molecule is [CH2]C1C(=C)CCCC1(C)C. The van der Waals surface area contributed by atoms with Gasteiger partial charge in [-0.3, -0.25) is 0 Å². The van der Waals surface area contributed by atoms with Gasteiger partial charge in [-0.1, -0.05) is 26.0 Å². The standard InChI is InChI=1S/C10H17/c1-8-6-5-7-10(3,4)9(8)2/h9H,1-2,5-7H2,3-4H3. The summed E-state index contributed by atoms with van der Waals surface area (Å²) in [6.45, 7) is 12.7. The van der Waals surface area contributed by atoms with E-state index < -0.39 is 0 Å². The van der Waals surface area contributed by atoms with Crippen LogP contribution in [-0.2, 0) is 0 Å². The van der Waals surface area contributed by atoms with Gasteiger partial charge in [-0.15, -0.1) is 0 Å². The molecule has 0 aromatic carbocycles. The van der Waals surface area contributed by atoms with Crippen molar-refractivity contribution >= 4 is 0 Å². The molecule has 0 saturated heterocycles. The van der Waals surface area contributed by atoms with Crippen molar-refractivity contribution in [2.45, 2.75) is 33.1 Å². The van der Waals surface area contributed by atoms with Crippen LogP contribution < -0.4 is 0 Å². The van der Waals surface area contributed by atoms with Crippen LogP contribution in [0.2, 0.25) is 0 Å². The summed E-state index contributed by atoms with van der Waals surface area (Å²) in [5.41, 5.74) is 1.74. The van der Waals surface area contributed by atoms with Crippen molar-refractivity contribution in [3.05, 3.63) is 19.1 Å². The van der Waals surface area contributed by atoms with E-state index in [2.05, 4.69) is 27.4 Å². The predicted molar refractivity (Wildman–Crippen MR) is 45.6 cm³/mol. The zero-order chi connectivity index (χ0) is 7.78. The highest BCUT2D eigenvalue weighted by Crippen LogP contribution is 2.42. The van der Waals surface area contributed by atoms with E-state index in [9.17, 15) is 0 Å². The average Bonchev–Trinajstić information content (AvgIpc) is 1.83. The smallest absolute Gasteiger partial charge is 0.0154 e. The minimum absolute atomic E-state index is 0.398. The van der Waals surface area contributed by atoms with E-state index >= 15 is 0 Å². The van der Waals surface area contributed by atoms with Gasteiger partial charge in [0.15, 0.2) is 0 Å². The highest BCUT2D eigenvalue weighted by molar-refractivity contribution is 5.10. The summed E-state index contributed by atoms with van der Waals surface area (Å²) in [7, 11) is 0. The van der Waals surface area contributed by atoms with Gasteiger partial charge >= 0.3 is 0 Å². The van der Waals surface area contributed by atoms with Crippen LogP contribution in [0.15, 0.2) is 12.2 Å². The van der Waals surface area contributed by atoms with Crippen molar-refractivity contribution in [1.29, 1.82) is 0 Å². The van der Waals surface area contributed by atoms with Gasteiger partial charge in [0.2, 0.25) is 0 Å². The van der Waals surface area contributed by atoms with Crippen LogP contribution >= 0.6 is 0 Å². The maximum Gasteiger partial charge on any atom is -0.0154 e. The van der Waals surface area contributed by atoms with Gasteiger partial charge < -0.3 is 0 Å². The average molecular weight is 137 g/mol. The predicted octanol–water partition coefficient (Wildman–Crippen LogP) is 3.20. The Labute approximate surface area is 64.3 Å². The first-order chi connectivity index (χ1) is 4.54. The van der Waals surface area contributed by atoms with E-state index in [0.717, 1.165) is 0 Å². The van der Waals surface area contributed by atoms with Crippen LogP contribution in [-0.4, -0.2) is 0 Å². The topological polar surface area (TPSA) is 0 Å². The third-order valence-corrected chi connectivity index (χ3v) is 2.76. The fourth-order valence-electron chi connectivity index (χ4n) is 1.67. The highest BCUT2D eigenvalue weighted by atomic mass is 14.4. The fraction of sp³-hybridized carbons (Fsp3) is 0.700. The zero-order valence-corrected chi connectivity index (χ0v) is 7.11. The second-order valence-electron chi connectivity index (χ2n) is 4.05. The summed E-state index contributed by atoms with van der Waals surface area (Å²) in [5, 5.41) is 0. The molecule has 1 aliphatic rings. The van der Waals surface area contributed by atoms with Crippen LogP contribution in [0.25, 0.3) is 0 Å². The molecule has 57 valence electrons. The Morgan fingerprint density at radius 1 is 1.50 bits per heavy atom. The first-order valence-electron chi connectivity index (χ1n) is 4.05. The molecule has 1 radical (unpaired) electrons. The van der Waals surface area contributed by atoms with Gasteiger partial charge in [0, 0.05) is 0 Å². The Balaban J connectivity index is 2.69. The summed E-state index contributed by atoms with van der Waals surface area (Å²) in [5.74, 6) is 0.473. The first-order valence-corrected chi connectivity index (χ1v) is 4.05. The Morgan fingerprint density at radius 3 is 2.50 bits per heavy atom. The molecule has 1 aliphatic carbocycles. The maximum absolute atomic E-state index is 4.13. The van der Waals surface area contributed by atoms with Gasteiger partial charge in [0.1, 0.15) is 0 Å². The quantitative estimate of drug-likeness (QED) is 0.450. The lowest BCUT2D eigenvalue weighted by Gasteiger charge is -2.37. The van der Waals surface area contributed by atoms with E-state index in [-0.39, 0.29) is 0 Å². The van der Waals surface area contributed by atoms with E-state index in [0.29, 0.717) is 11.3 Å². The first kappa shape index (κ1) is 7.84. The monoisotopic (exact) mass is 137 g/mol. The van der Waals surface area contributed by atoms with Gasteiger partial charge in [-0.25, -0.2) is 0 Å². The third kappa shape index (κ3) is 1.25. The van der Waals surface area contributed by atoms with E-state index in [1.807, 2.05) is 0 Å². The van der Waals surface area contributed by atoms with Crippen molar-refractivity contribution < 1.29 is 0 Å². The summed E-state index contributed by atoms with van der Waals surface area (Å²) in [6.07, 6.45) is 3.80. The Morgan fingerprint density at radius 2 is 2.10 bits per heavy atom. The van der Waals surface area contributed by atoms with E-state index in [1.54, 1.807) is 0 Å². The van der Waals surface area contributed by atoms with Gasteiger partial charge in [0.05, 0.1) is 0 Å². The fourth-order valence-corrected chi connectivity index (χ4v) is 1.67. The van der Waals surface area contributed by atoms with Crippen LogP contribution in [0.1, 0.15) is 33.1 Å². The van der Waals surface area contributed by atoms with Gasteiger partial charge in [-0.2, -0.15) is 0 Å². The molecule has 0 amide bonds. The lowest BCUT2D eigenvalue weighted by atomic mass is 9.68. The van der Waals surface area contributed by atoms with Crippen molar-refractivity contribution in [2.75, 3.05) is 0 Å². The molecule has 1 atom stereocenters. The Bertz CT molecular complexity index is 142. The van der Waals surface area contributed by atoms with Crippen LogP contribution in [0.3, 0.4) is 0 Å². The third-order valence-electron chi connectivity index (χ3n) is 2.76. The molecule has 0 nitrogen and oxygen atoms in total. The lowest BCUT2D eigenvalue weighted by Crippen LogP contribution is -2.27. The van der Waals surface area contributed by atoms with Gasteiger partial charge in [-0.05, 0) is 37.5 Å². The molecule has 10 heavy (non-hydrogen) atoms. The molecule has 0 aromatic heterocycles. The molecule has 1 fully saturated rings. The molecular formula is C10H17. The van der Waals surface area contributed by atoms with Crippen LogP contribution in [0.5, 0.6) is 0 Å². The Kier molecular flexibility index (Phi) is 1.89. The second kappa shape index (κ2) is 2.41. The summed E-state index contributed by atoms with van der Waals surface area (Å²) in [4.78, 5) is 0. The normalized spacial score (nSPS) is 32.3. The second-order valence-corrected chi connectivity index (χ2v) is 4.05. The minimum Gasteiger partial charge on any atom is -0.0996 e. The molecule has 0 heterocycles. The van der Waals surface area contributed by atoms with Crippen molar-refractivity contribution in [3.8, 4) is 0 Å². The zero-order valence-electron chi connectivity index (χ0n) is 7.11. The molecule has 0 bridgehead atoms. The molecular weight excluding hydrogens is 120 g/mol. The van der Waals surface area contributed by atoms with E-state index in [1.165, 1.54) is 24.8 Å². The number of allylic oxidation sites excluding steroid dienone is 1. The molecule has 1 rings (SSSR count). The molecule has 0 heteroatoms. The van der Waals surface area contributed by atoms with E-state index in [4.69, 9.17) is 0 Å². The number of hydrogen-bond acceptors (Lipinski definition) is 0. The lowest BCUT2D eigenvalue weighted by molar-refractivity contribution is 0.226. The summed E-state index contributed by atoms with van der Waals surface area (Å²) in [6, 6.07) is 0. The minimum atomic E-state index is 0.398. The molecule has 0 aliphatic heterocycles. The van der Waals surface area contributed by atoms with Crippen molar-refractivity contribution in [2.24, 2.45) is 11.3 Å². The largest absolute Gasteiger partial charge is 0.0996 e. The highest BCUT2D eigenvalue weighted by Gasteiger charge is 2.30. The summed E-state index contributed by atoms with van der Waals surface area (Å²) < 4.78 is 0. The molecule has 0 N–H and O–H groups in total. The van der Waals surface area contributed by atoms with Crippen LogP contribution in [0, 0.1) is 18.3 Å². The Hall–Kier alpha value is -0.260. The maximum atomic E-state index is 4.13.